The first-order valence-corrected chi connectivity index (χ1v) is 7.71. The number of rotatable bonds is 3. The number of nitrogens with one attached hydrogen (secondary N) is 1. The van der Waals surface area contributed by atoms with Gasteiger partial charge in [-0.1, -0.05) is 15.9 Å². The second-order valence-corrected chi connectivity index (χ2v) is 6.60. The standard InChI is InChI=1S/C12H8BrF3N2O2S/c13-6-1-2-11(8(15)3-6)21(19,20)18-12-9(16)4-7(14)5-10(12)17/h1-5,18H,17H2. The van der Waals surface area contributed by atoms with Crippen molar-refractivity contribution in [3.63, 3.8) is 0 Å². The molecule has 0 radical (unpaired) electrons. The summed E-state index contributed by atoms with van der Waals surface area (Å²) in [7, 11) is -4.41. The van der Waals surface area contributed by atoms with Gasteiger partial charge < -0.3 is 5.73 Å². The average molecular weight is 381 g/mol. The van der Waals surface area contributed by atoms with Gasteiger partial charge in [-0.15, -0.1) is 0 Å². The fourth-order valence-electron chi connectivity index (χ4n) is 1.58. The van der Waals surface area contributed by atoms with Crippen LogP contribution in [0.25, 0.3) is 0 Å². The van der Waals surface area contributed by atoms with E-state index in [1.54, 1.807) is 0 Å². The van der Waals surface area contributed by atoms with Crippen LogP contribution in [0.3, 0.4) is 0 Å². The van der Waals surface area contributed by atoms with Crippen LogP contribution in [0.15, 0.2) is 39.7 Å². The van der Waals surface area contributed by atoms with Crippen molar-refractivity contribution < 1.29 is 21.6 Å². The fraction of sp³-hybridized carbons (Fsp3) is 0. The highest BCUT2D eigenvalue weighted by Crippen LogP contribution is 2.28. The summed E-state index contributed by atoms with van der Waals surface area (Å²) < 4.78 is 66.4. The second kappa shape index (κ2) is 5.57. The summed E-state index contributed by atoms with van der Waals surface area (Å²) in [5, 5.41) is 0. The maximum Gasteiger partial charge on any atom is 0.264 e. The minimum absolute atomic E-state index is 0.339. The van der Waals surface area contributed by atoms with Crippen LogP contribution in [-0.2, 0) is 10.0 Å². The molecule has 4 nitrogen and oxygen atoms in total. The van der Waals surface area contributed by atoms with E-state index in [-0.39, 0.29) is 0 Å². The topological polar surface area (TPSA) is 72.2 Å². The van der Waals surface area contributed by atoms with Gasteiger partial charge >= 0.3 is 0 Å². The molecular formula is C12H8BrF3N2O2S. The number of nitrogens with two attached hydrogens (primary N) is 1. The van der Waals surface area contributed by atoms with E-state index < -0.39 is 43.7 Å². The van der Waals surface area contributed by atoms with Gasteiger partial charge in [0.15, 0.2) is 5.82 Å². The van der Waals surface area contributed by atoms with E-state index in [1.807, 2.05) is 4.72 Å². The quantitative estimate of drug-likeness (QED) is 0.802. The number of hydrogen-bond donors (Lipinski definition) is 2. The molecule has 0 spiro atoms. The molecule has 3 N–H and O–H groups in total. The van der Waals surface area contributed by atoms with Gasteiger partial charge in [0, 0.05) is 10.5 Å². The molecule has 0 fully saturated rings. The number of benzene rings is 2. The lowest BCUT2D eigenvalue weighted by Gasteiger charge is -2.12. The molecule has 0 aromatic heterocycles. The van der Waals surface area contributed by atoms with Crippen LogP contribution >= 0.6 is 15.9 Å². The zero-order valence-corrected chi connectivity index (χ0v) is 12.6. The van der Waals surface area contributed by atoms with Gasteiger partial charge in [0.2, 0.25) is 0 Å². The molecule has 2 rings (SSSR count). The molecule has 0 heterocycles. The van der Waals surface area contributed by atoms with Gasteiger partial charge in [0.05, 0.1) is 5.69 Å². The Hall–Kier alpha value is -1.74. The van der Waals surface area contributed by atoms with E-state index in [4.69, 9.17) is 5.73 Å². The first kappa shape index (κ1) is 15.6. The van der Waals surface area contributed by atoms with Gasteiger partial charge in [0.25, 0.3) is 10.0 Å². The Labute approximate surface area is 127 Å². The summed E-state index contributed by atoms with van der Waals surface area (Å²) in [5.41, 5.74) is 4.27. The molecule has 0 unspecified atom stereocenters. The van der Waals surface area contributed by atoms with Crippen molar-refractivity contribution in [1.82, 2.24) is 0 Å². The number of halogens is 4. The van der Waals surface area contributed by atoms with Crippen molar-refractivity contribution in [2.45, 2.75) is 4.90 Å². The highest BCUT2D eigenvalue weighted by molar-refractivity contribution is 9.10. The van der Waals surface area contributed by atoms with Gasteiger partial charge in [-0.05, 0) is 24.3 Å². The third-order valence-corrected chi connectivity index (χ3v) is 4.38. The predicted molar refractivity (Wildman–Crippen MR) is 75.7 cm³/mol. The minimum Gasteiger partial charge on any atom is -0.397 e. The van der Waals surface area contributed by atoms with Crippen molar-refractivity contribution in [3.8, 4) is 0 Å². The van der Waals surface area contributed by atoms with E-state index >= 15 is 0 Å². The van der Waals surface area contributed by atoms with E-state index in [0.717, 1.165) is 18.2 Å². The number of anilines is 2. The van der Waals surface area contributed by atoms with Crippen LogP contribution < -0.4 is 10.5 Å². The molecule has 21 heavy (non-hydrogen) atoms. The Kier molecular flexibility index (Phi) is 4.15. The van der Waals surface area contributed by atoms with Gasteiger partial charge in [0.1, 0.15) is 22.2 Å². The minimum atomic E-state index is -4.41. The lowest BCUT2D eigenvalue weighted by molar-refractivity contribution is 0.567. The monoisotopic (exact) mass is 380 g/mol. The molecule has 0 aliphatic carbocycles. The molecule has 0 aliphatic rings. The maximum absolute atomic E-state index is 13.7. The Morgan fingerprint density at radius 2 is 1.71 bits per heavy atom. The molecule has 0 bridgehead atoms. The molecular weight excluding hydrogens is 373 g/mol. The molecule has 0 aliphatic heterocycles. The summed E-state index contributed by atoms with van der Waals surface area (Å²) in [5.74, 6) is -3.19. The smallest absolute Gasteiger partial charge is 0.264 e. The van der Waals surface area contributed by atoms with Crippen LogP contribution in [0.1, 0.15) is 0 Å². The third-order valence-electron chi connectivity index (χ3n) is 2.51. The molecule has 0 amide bonds. The van der Waals surface area contributed by atoms with Crippen molar-refractivity contribution >= 4 is 37.3 Å². The van der Waals surface area contributed by atoms with Crippen LogP contribution in [-0.4, -0.2) is 8.42 Å². The van der Waals surface area contributed by atoms with E-state index in [1.165, 1.54) is 6.07 Å². The highest BCUT2D eigenvalue weighted by Gasteiger charge is 2.22. The third kappa shape index (κ3) is 3.30. The van der Waals surface area contributed by atoms with Crippen LogP contribution in [0.4, 0.5) is 24.5 Å². The highest BCUT2D eigenvalue weighted by atomic mass is 79.9. The second-order valence-electron chi connectivity index (χ2n) is 4.03. The zero-order chi connectivity index (χ0) is 15.8. The first-order chi connectivity index (χ1) is 9.70. The zero-order valence-electron chi connectivity index (χ0n) is 10.2. The number of sulfonamides is 1. The molecule has 2 aromatic rings. The van der Waals surface area contributed by atoms with Crippen molar-refractivity contribution in [3.05, 3.63) is 52.3 Å². The normalized spacial score (nSPS) is 11.4. The van der Waals surface area contributed by atoms with Crippen molar-refractivity contribution in [2.24, 2.45) is 0 Å². The maximum atomic E-state index is 13.7. The molecule has 112 valence electrons. The summed E-state index contributed by atoms with van der Waals surface area (Å²) in [6.07, 6.45) is 0. The molecule has 2 aromatic carbocycles. The van der Waals surface area contributed by atoms with Crippen LogP contribution in [0.2, 0.25) is 0 Å². The van der Waals surface area contributed by atoms with Crippen molar-refractivity contribution in [1.29, 1.82) is 0 Å². The molecule has 9 heteroatoms. The number of hydrogen-bond acceptors (Lipinski definition) is 3. The molecule has 0 saturated carbocycles. The Balaban J connectivity index is 2.47. The van der Waals surface area contributed by atoms with Gasteiger partial charge in [-0.25, -0.2) is 21.6 Å². The van der Waals surface area contributed by atoms with Gasteiger partial charge in [-0.2, -0.15) is 0 Å². The summed E-state index contributed by atoms with van der Waals surface area (Å²) >= 11 is 2.98. The fourth-order valence-corrected chi connectivity index (χ4v) is 3.07. The SMILES string of the molecule is Nc1cc(F)cc(F)c1NS(=O)(=O)c1ccc(Br)cc1F. The summed E-state index contributed by atoms with van der Waals surface area (Å²) in [4.78, 5) is -0.686. The Morgan fingerprint density at radius 3 is 2.29 bits per heavy atom. The van der Waals surface area contributed by atoms with Crippen molar-refractivity contribution in [2.75, 3.05) is 10.5 Å². The van der Waals surface area contributed by atoms with E-state index in [0.29, 0.717) is 10.5 Å². The first-order valence-electron chi connectivity index (χ1n) is 5.43. The van der Waals surface area contributed by atoms with E-state index in [9.17, 15) is 21.6 Å². The van der Waals surface area contributed by atoms with Crippen LogP contribution in [0.5, 0.6) is 0 Å². The average Bonchev–Trinajstić information content (AvgIpc) is 2.33. The Morgan fingerprint density at radius 1 is 1.05 bits per heavy atom. The van der Waals surface area contributed by atoms with Crippen LogP contribution in [0, 0.1) is 17.5 Å². The summed E-state index contributed by atoms with van der Waals surface area (Å²) in [6.45, 7) is 0. The summed E-state index contributed by atoms with van der Waals surface area (Å²) in [6, 6.07) is 4.46. The lowest BCUT2D eigenvalue weighted by atomic mass is 10.2. The Bertz CT molecular complexity index is 789. The molecule has 0 atom stereocenters. The predicted octanol–water partition coefficient (Wildman–Crippen LogP) is 3.25. The largest absolute Gasteiger partial charge is 0.397 e. The van der Waals surface area contributed by atoms with Gasteiger partial charge in [-0.3, -0.25) is 4.72 Å². The molecule has 0 saturated heterocycles. The van der Waals surface area contributed by atoms with E-state index in [2.05, 4.69) is 15.9 Å². The number of nitrogen functional groups attached to an aromatic ring is 1. The lowest BCUT2D eigenvalue weighted by Crippen LogP contribution is -2.17.